The SMILES string of the molecule is CCNC(=NCc1cc2ccccc2[nH]1)NCCn1cnnc1CC.I. The molecule has 2 heterocycles. The lowest BCUT2D eigenvalue weighted by atomic mass is 10.2. The van der Waals surface area contributed by atoms with E-state index in [1.165, 1.54) is 5.39 Å². The van der Waals surface area contributed by atoms with E-state index >= 15 is 0 Å². The molecule has 0 atom stereocenters. The molecule has 0 radical (unpaired) electrons. The maximum atomic E-state index is 4.66. The highest BCUT2D eigenvalue weighted by Crippen LogP contribution is 2.14. The third-order valence-electron chi connectivity index (χ3n) is 3.99. The maximum absolute atomic E-state index is 4.66. The zero-order chi connectivity index (χ0) is 17.5. The number of rotatable bonds is 7. The molecule has 1 aromatic carbocycles. The van der Waals surface area contributed by atoms with Gasteiger partial charge in [-0.1, -0.05) is 25.1 Å². The molecule has 26 heavy (non-hydrogen) atoms. The number of aliphatic imine (C=N–C) groups is 1. The minimum absolute atomic E-state index is 0. The Morgan fingerprint density at radius 1 is 1.23 bits per heavy atom. The van der Waals surface area contributed by atoms with Crippen molar-refractivity contribution in [3.05, 3.63) is 48.2 Å². The summed E-state index contributed by atoms with van der Waals surface area (Å²) >= 11 is 0. The quantitative estimate of drug-likeness (QED) is 0.284. The maximum Gasteiger partial charge on any atom is 0.191 e. The van der Waals surface area contributed by atoms with Gasteiger partial charge in [-0.05, 0) is 24.4 Å². The van der Waals surface area contributed by atoms with Crippen LogP contribution in [0.1, 0.15) is 25.4 Å². The van der Waals surface area contributed by atoms with Gasteiger partial charge in [-0.25, -0.2) is 4.99 Å². The van der Waals surface area contributed by atoms with Crippen LogP contribution in [0.4, 0.5) is 0 Å². The molecule has 0 aliphatic rings. The average Bonchev–Trinajstić information content (AvgIpc) is 3.25. The number of para-hydroxylation sites is 1. The number of aromatic nitrogens is 4. The molecule has 0 saturated carbocycles. The zero-order valence-electron chi connectivity index (χ0n) is 15.2. The van der Waals surface area contributed by atoms with Crippen molar-refractivity contribution < 1.29 is 0 Å². The van der Waals surface area contributed by atoms with Gasteiger partial charge >= 0.3 is 0 Å². The highest BCUT2D eigenvalue weighted by molar-refractivity contribution is 14.0. The van der Waals surface area contributed by atoms with Gasteiger partial charge in [0.2, 0.25) is 0 Å². The van der Waals surface area contributed by atoms with Gasteiger partial charge in [0.05, 0.1) is 6.54 Å². The van der Waals surface area contributed by atoms with Crippen LogP contribution in [0.25, 0.3) is 10.9 Å². The first-order valence-electron chi connectivity index (χ1n) is 8.75. The molecule has 140 valence electrons. The number of H-pyrrole nitrogens is 1. The summed E-state index contributed by atoms with van der Waals surface area (Å²) in [6.07, 6.45) is 2.66. The number of hydrogen-bond acceptors (Lipinski definition) is 3. The number of aromatic amines is 1. The zero-order valence-corrected chi connectivity index (χ0v) is 17.5. The van der Waals surface area contributed by atoms with Gasteiger partial charge in [-0.2, -0.15) is 0 Å². The largest absolute Gasteiger partial charge is 0.357 e. The summed E-state index contributed by atoms with van der Waals surface area (Å²) < 4.78 is 2.06. The van der Waals surface area contributed by atoms with Gasteiger partial charge in [0.25, 0.3) is 0 Å². The fourth-order valence-electron chi connectivity index (χ4n) is 2.76. The van der Waals surface area contributed by atoms with Crippen molar-refractivity contribution in [3.63, 3.8) is 0 Å². The molecule has 0 aliphatic carbocycles. The van der Waals surface area contributed by atoms with Crippen molar-refractivity contribution in [1.82, 2.24) is 30.4 Å². The Labute approximate surface area is 170 Å². The van der Waals surface area contributed by atoms with E-state index in [2.05, 4.69) is 67.4 Å². The van der Waals surface area contributed by atoms with Crippen LogP contribution >= 0.6 is 24.0 Å². The number of aryl methyl sites for hydroxylation is 1. The summed E-state index contributed by atoms with van der Waals surface area (Å²) in [6.45, 7) is 7.16. The summed E-state index contributed by atoms with van der Waals surface area (Å²) in [6, 6.07) is 10.4. The number of halogens is 1. The van der Waals surface area contributed by atoms with Crippen LogP contribution in [0.5, 0.6) is 0 Å². The van der Waals surface area contributed by atoms with Gasteiger partial charge in [0.15, 0.2) is 5.96 Å². The van der Waals surface area contributed by atoms with Gasteiger partial charge in [0.1, 0.15) is 12.2 Å². The average molecular weight is 467 g/mol. The topological polar surface area (TPSA) is 82.9 Å². The van der Waals surface area contributed by atoms with E-state index in [9.17, 15) is 0 Å². The third-order valence-corrected chi connectivity index (χ3v) is 3.99. The minimum atomic E-state index is 0. The molecular formula is C18H26IN7. The summed E-state index contributed by atoms with van der Waals surface area (Å²) in [5.74, 6) is 1.81. The first-order chi connectivity index (χ1) is 12.3. The number of guanidine groups is 1. The highest BCUT2D eigenvalue weighted by atomic mass is 127. The van der Waals surface area contributed by atoms with Crippen molar-refractivity contribution in [2.75, 3.05) is 13.1 Å². The second-order valence-electron chi connectivity index (χ2n) is 5.80. The highest BCUT2D eigenvalue weighted by Gasteiger charge is 2.03. The Hall–Kier alpha value is -2.10. The second-order valence-corrected chi connectivity index (χ2v) is 5.80. The fraction of sp³-hybridized carbons (Fsp3) is 0.389. The summed E-state index contributed by atoms with van der Waals surface area (Å²) in [7, 11) is 0. The Bertz CT molecular complexity index is 804. The van der Waals surface area contributed by atoms with Crippen LogP contribution < -0.4 is 10.6 Å². The normalized spacial score (nSPS) is 11.4. The Kier molecular flexibility index (Phi) is 7.89. The molecule has 3 rings (SSSR count). The van der Waals surface area contributed by atoms with Crippen LogP contribution in [-0.2, 0) is 19.5 Å². The first kappa shape index (κ1) is 20.2. The molecule has 0 saturated heterocycles. The standard InChI is InChI=1S/C18H25N7.HI/c1-3-17-24-22-13-25(17)10-9-20-18(19-4-2)21-12-15-11-14-7-5-6-8-16(14)23-15;/h5-8,11,13,23H,3-4,9-10,12H2,1-2H3,(H2,19,20,21);1H. The predicted octanol–water partition coefficient (Wildman–Crippen LogP) is 2.70. The van der Waals surface area contributed by atoms with Gasteiger partial charge in [-0.15, -0.1) is 34.2 Å². The van der Waals surface area contributed by atoms with E-state index in [0.717, 1.165) is 49.0 Å². The van der Waals surface area contributed by atoms with E-state index < -0.39 is 0 Å². The van der Waals surface area contributed by atoms with E-state index in [1.807, 2.05) is 12.1 Å². The molecule has 0 bridgehead atoms. The predicted molar refractivity (Wildman–Crippen MR) is 116 cm³/mol. The summed E-state index contributed by atoms with van der Waals surface area (Å²) in [4.78, 5) is 8.07. The lowest BCUT2D eigenvalue weighted by Crippen LogP contribution is -2.38. The van der Waals surface area contributed by atoms with Gasteiger partial charge in [0, 0.05) is 37.3 Å². The molecule has 0 spiro atoms. The van der Waals surface area contributed by atoms with E-state index in [4.69, 9.17) is 0 Å². The molecular weight excluding hydrogens is 441 g/mol. The Balaban J connectivity index is 0.00000243. The van der Waals surface area contributed by atoms with Crippen molar-refractivity contribution >= 4 is 40.8 Å². The Morgan fingerprint density at radius 3 is 2.85 bits per heavy atom. The number of nitrogens with one attached hydrogen (secondary N) is 3. The van der Waals surface area contributed by atoms with E-state index in [-0.39, 0.29) is 24.0 Å². The number of nitrogens with zero attached hydrogens (tertiary/aromatic N) is 4. The lowest BCUT2D eigenvalue weighted by Gasteiger charge is -2.12. The second kappa shape index (κ2) is 10.1. The summed E-state index contributed by atoms with van der Waals surface area (Å²) in [5.41, 5.74) is 2.25. The van der Waals surface area contributed by atoms with Crippen LogP contribution in [0.3, 0.4) is 0 Å². The monoisotopic (exact) mass is 467 g/mol. The number of fused-ring (bicyclic) bond motifs is 1. The van der Waals surface area contributed by atoms with Crippen molar-refractivity contribution in [1.29, 1.82) is 0 Å². The van der Waals surface area contributed by atoms with Crippen LogP contribution in [0.2, 0.25) is 0 Å². The molecule has 0 amide bonds. The van der Waals surface area contributed by atoms with Gasteiger partial charge in [-0.3, -0.25) is 0 Å². The molecule has 7 nitrogen and oxygen atoms in total. The number of benzene rings is 1. The first-order valence-corrected chi connectivity index (χ1v) is 8.75. The van der Waals surface area contributed by atoms with E-state index in [1.54, 1.807) is 6.33 Å². The van der Waals surface area contributed by atoms with E-state index in [0.29, 0.717) is 6.54 Å². The van der Waals surface area contributed by atoms with Crippen molar-refractivity contribution in [2.24, 2.45) is 4.99 Å². The lowest BCUT2D eigenvalue weighted by molar-refractivity contribution is 0.632. The molecule has 8 heteroatoms. The smallest absolute Gasteiger partial charge is 0.191 e. The number of hydrogen-bond donors (Lipinski definition) is 3. The third kappa shape index (κ3) is 5.20. The summed E-state index contributed by atoms with van der Waals surface area (Å²) in [5, 5.41) is 15.9. The Morgan fingerprint density at radius 2 is 2.08 bits per heavy atom. The van der Waals surface area contributed by atoms with Crippen LogP contribution in [0, 0.1) is 0 Å². The van der Waals surface area contributed by atoms with Crippen molar-refractivity contribution in [3.8, 4) is 0 Å². The van der Waals surface area contributed by atoms with Gasteiger partial charge < -0.3 is 20.2 Å². The molecule has 3 aromatic rings. The molecule has 2 aromatic heterocycles. The van der Waals surface area contributed by atoms with Crippen LogP contribution in [0.15, 0.2) is 41.7 Å². The molecule has 3 N–H and O–H groups in total. The van der Waals surface area contributed by atoms with Crippen LogP contribution in [-0.4, -0.2) is 38.8 Å². The minimum Gasteiger partial charge on any atom is -0.357 e. The fourth-order valence-corrected chi connectivity index (χ4v) is 2.76. The molecule has 0 aliphatic heterocycles. The molecule has 0 unspecified atom stereocenters. The van der Waals surface area contributed by atoms with Crippen molar-refractivity contribution in [2.45, 2.75) is 33.4 Å². The molecule has 0 fully saturated rings.